The minimum Gasteiger partial charge on any atom is -0.461 e. The average Bonchev–Trinajstić information content (AvgIpc) is 2.36. The molecule has 0 bridgehead atoms. The molecule has 0 aliphatic heterocycles. The van der Waals surface area contributed by atoms with Crippen LogP contribution in [0.2, 0.25) is 0 Å². The number of esters is 1. The summed E-state index contributed by atoms with van der Waals surface area (Å²) in [4.78, 5) is 11.6. The van der Waals surface area contributed by atoms with E-state index in [4.69, 9.17) is 25.8 Å². The Kier molecular flexibility index (Phi) is 6.75. The van der Waals surface area contributed by atoms with Gasteiger partial charge in [-0.05, 0) is 18.9 Å². The molecule has 4 nitrogen and oxygen atoms in total. The van der Waals surface area contributed by atoms with Gasteiger partial charge in [0.2, 0.25) is 0 Å². The van der Waals surface area contributed by atoms with Crippen molar-refractivity contribution < 1.29 is 23.4 Å². The molecule has 4 unspecified atom stereocenters. The predicted molar refractivity (Wildman–Crippen MR) is 70.1 cm³/mol. The molecule has 110 valence electrons. The maximum absolute atomic E-state index is 13.4. The lowest BCUT2D eigenvalue weighted by atomic mass is 9.91. The van der Waals surface area contributed by atoms with Gasteiger partial charge < -0.3 is 14.2 Å². The van der Waals surface area contributed by atoms with Gasteiger partial charge in [0.15, 0.2) is 6.10 Å². The van der Waals surface area contributed by atoms with E-state index in [1.807, 2.05) is 0 Å². The van der Waals surface area contributed by atoms with Crippen LogP contribution in [0.15, 0.2) is 12.2 Å². The first kappa shape index (κ1) is 16.4. The second-order valence-corrected chi connectivity index (χ2v) is 5.12. The number of hydrogen-bond acceptors (Lipinski definition) is 4. The number of carbonyl (C=O) groups excluding carboxylic acids is 1. The maximum Gasteiger partial charge on any atom is 0.335 e. The van der Waals surface area contributed by atoms with E-state index in [1.54, 1.807) is 6.92 Å². The molecular weight excluding hydrogens is 275 g/mol. The summed E-state index contributed by atoms with van der Waals surface area (Å²) in [5, 5.41) is -0.463. The summed E-state index contributed by atoms with van der Waals surface area (Å²) >= 11 is 6.04. The van der Waals surface area contributed by atoms with Gasteiger partial charge >= 0.3 is 5.97 Å². The van der Waals surface area contributed by atoms with Gasteiger partial charge in [-0.15, -0.1) is 11.6 Å². The molecule has 0 aromatic rings. The molecule has 1 aliphatic carbocycles. The molecule has 0 radical (unpaired) electrons. The van der Waals surface area contributed by atoms with Crippen molar-refractivity contribution >= 4 is 17.6 Å². The van der Waals surface area contributed by atoms with Crippen LogP contribution in [0, 0.1) is 0 Å². The quantitative estimate of drug-likeness (QED) is 0.326. The molecule has 0 heterocycles. The Hall–Kier alpha value is -0.650. The number of halogens is 2. The summed E-state index contributed by atoms with van der Waals surface area (Å²) in [6, 6.07) is 0. The van der Waals surface area contributed by atoms with Crippen molar-refractivity contribution in [2.75, 3.05) is 20.3 Å². The number of alkyl halides is 2. The maximum atomic E-state index is 13.4. The number of ether oxygens (including phenoxy) is 3. The van der Waals surface area contributed by atoms with E-state index < -0.39 is 29.7 Å². The van der Waals surface area contributed by atoms with Gasteiger partial charge in [-0.1, -0.05) is 6.58 Å². The molecule has 1 rings (SSSR count). The summed E-state index contributed by atoms with van der Waals surface area (Å²) < 4.78 is 28.6. The van der Waals surface area contributed by atoms with Gasteiger partial charge in [-0.3, -0.25) is 0 Å². The number of hydrogen-bond donors (Lipinski definition) is 0. The molecule has 0 N–H and O–H groups in total. The summed E-state index contributed by atoms with van der Waals surface area (Å²) in [6.45, 7) is 5.74. The first-order valence-electron chi connectivity index (χ1n) is 6.22. The second kappa shape index (κ2) is 7.82. The number of methoxy groups -OCH3 is 1. The molecule has 6 heteroatoms. The lowest BCUT2D eigenvalue weighted by Crippen LogP contribution is -2.39. The standard InChI is InChI=1S/C13H20ClFO4/c1-8-6-12(10(14)7-11(8)15)19-9(2)13(16)18-5-4-17-3/h9-12H,1,4-7H2,2-3H3. The van der Waals surface area contributed by atoms with Gasteiger partial charge in [0, 0.05) is 13.5 Å². The van der Waals surface area contributed by atoms with Crippen LogP contribution in [0.25, 0.3) is 0 Å². The highest BCUT2D eigenvalue weighted by atomic mass is 35.5. The molecule has 1 aliphatic rings. The fraction of sp³-hybridized carbons (Fsp3) is 0.769. The highest BCUT2D eigenvalue weighted by Crippen LogP contribution is 2.31. The molecule has 0 aromatic heterocycles. The third-order valence-corrected chi connectivity index (χ3v) is 3.44. The zero-order valence-corrected chi connectivity index (χ0v) is 12.0. The van der Waals surface area contributed by atoms with Crippen LogP contribution in [-0.2, 0) is 19.0 Å². The van der Waals surface area contributed by atoms with Gasteiger partial charge in [0.05, 0.1) is 18.1 Å². The zero-order chi connectivity index (χ0) is 14.4. The number of carbonyl (C=O) groups is 1. The molecule has 0 spiro atoms. The van der Waals surface area contributed by atoms with Crippen molar-refractivity contribution in [3.63, 3.8) is 0 Å². The van der Waals surface area contributed by atoms with Crippen molar-refractivity contribution in [3.05, 3.63) is 12.2 Å². The Bertz CT molecular complexity index is 324. The zero-order valence-electron chi connectivity index (χ0n) is 11.2. The Morgan fingerprint density at radius 2 is 2.26 bits per heavy atom. The molecule has 1 saturated carbocycles. The summed E-state index contributed by atoms with van der Waals surface area (Å²) in [7, 11) is 1.52. The lowest BCUT2D eigenvalue weighted by Gasteiger charge is -2.32. The third-order valence-electron chi connectivity index (χ3n) is 2.98. The van der Waals surface area contributed by atoms with E-state index in [0.29, 0.717) is 18.6 Å². The monoisotopic (exact) mass is 294 g/mol. The number of rotatable bonds is 6. The Morgan fingerprint density at radius 3 is 2.89 bits per heavy atom. The minimum atomic E-state index is -1.09. The molecule has 4 atom stereocenters. The minimum absolute atomic E-state index is 0.163. The first-order chi connectivity index (χ1) is 8.95. The van der Waals surface area contributed by atoms with E-state index in [-0.39, 0.29) is 13.0 Å². The van der Waals surface area contributed by atoms with Crippen molar-refractivity contribution in [1.29, 1.82) is 0 Å². The van der Waals surface area contributed by atoms with Gasteiger partial charge in [-0.25, -0.2) is 9.18 Å². The van der Waals surface area contributed by atoms with E-state index >= 15 is 0 Å². The third kappa shape index (κ3) is 5.09. The summed E-state index contributed by atoms with van der Waals surface area (Å²) in [5.74, 6) is -0.478. The van der Waals surface area contributed by atoms with Crippen molar-refractivity contribution in [1.82, 2.24) is 0 Å². The summed E-state index contributed by atoms with van der Waals surface area (Å²) in [5.41, 5.74) is 0.460. The highest BCUT2D eigenvalue weighted by molar-refractivity contribution is 6.21. The van der Waals surface area contributed by atoms with Gasteiger partial charge in [-0.2, -0.15) is 0 Å². The van der Waals surface area contributed by atoms with Gasteiger partial charge in [0.1, 0.15) is 12.8 Å². The Labute approximate surface area is 117 Å². The van der Waals surface area contributed by atoms with Crippen molar-refractivity contribution in [2.45, 2.75) is 43.5 Å². The van der Waals surface area contributed by atoms with Crippen LogP contribution in [0.5, 0.6) is 0 Å². The lowest BCUT2D eigenvalue weighted by molar-refractivity contribution is -0.161. The second-order valence-electron chi connectivity index (χ2n) is 4.56. The van der Waals surface area contributed by atoms with Crippen molar-refractivity contribution in [2.24, 2.45) is 0 Å². The molecule has 0 aromatic carbocycles. The largest absolute Gasteiger partial charge is 0.461 e. The average molecular weight is 295 g/mol. The summed E-state index contributed by atoms with van der Waals surface area (Å²) in [6.07, 6.45) is -1.76. The van der Waals surface area contributed by atoms with Crippen LogP contribution in [0.1, 0.15) is 19.8 Å². The van der Waals surface area contributed by atoms with Crippen LogP contribution in [0.3, 0.4) is 0 Å². The molecule has 19 heavy (non-hydrogen) atoms. The van der Waals surface area contributed by atoms with Crippen LogP contribution >= 0.6 is 11.6 Å². The molecule has 1 fully saturated rings. The first-order valence-corrected chi connectivity index (χ1v) is 6.66. The molecule has 0 amide bonds. The SMILES string of the molecule is C=C1CC(OC(C)C(=O)OCCOC)C(Cl)CC1F. The van der Waals surface area contributed by atoms with Crippen molar-refractivity contribution in [3.8, 4) is 0 Å². The Morgan fingerprint density at radius 1 is 1.58 bits per heavy atom. The van der Waals surface area contributed by atoms with Crippen LogP contribution < -0.4 is 0 Å². The predicted octanol–water partition coefficient (Wildman–Crippen LogP) is 2.25. The van der Waals surface area contributed by atoms with E-state index in [2.05, 4.69) is 6.58 Å². The van der Waals surface area contributed by atoms with E-state index in [0.717, 1.165) is 0 Å². The Balaban J connectivity index is 2.40. The topological polar surface area (TPSA) is 44.8 Å². The fourth-order valence-corrected chi connectivity index (χ4v) is 2.13. The van der Waals surface area contributed by atoms with E-state index in [9.17, 15) is 9.18 Å². The van der Waals surface area contributed by atoms with Crippen LogP contribution in [0.4, 0.5) is 4.39 Å². The van der Waals surface area contributed by atoms with E-state index in [1.165, 1.54) is 7.11 Å². The van der Waals surface area contributed by atoms with Gasteiger partial charge in [0.25, 0.3) is 0 Å². The molecule has 0 saturated heterocycles. The normalized spacial score (nSPS) is 29.1. The fourth-order valence-electron chi connectivity index (χ4n) is 1.82. The van der Waals surface area contributed by atoms with Crippen LogP contribution in [-0.4, -0.2) is 50.0 Å². The smallest absolute Gasteiger partial charge is 0.335 e. The molecular formula is C13H20ClFO4. The highest BCUT2D eigenvalue weighted by Gasteiger charge is 2.34.